The quantitative estimate of drug-likeness (QED) is 0.864. The van der Waals surface area contributed by atoms with Crippen LogP contribution in [0.25, 0.3) is 0 Å². The Bertz CT molecular complexity index is 569. The summed E-state index contributed by atoms with van der Waals surface area (Å²) in [7, 11) is 0. The van der Waals surface area contributed by atoms with Gasteiger partial charge in [0.05, 0.1) is 0 Å². The molecule has 92 valence electrons. The fourth-order valence-corrected chi connectivity index (χ4v) is 2.14. The van der Waals surface area contributed by atoms with Crippen LogP contribution in [0.1, 0.15) is 5.56 Å². The highest BCUT2D eigenvalue weighted by atomic mass is 79.9. The maximum atomic E-state index is 5.73. The Labute approximate surface area is 113 Å². The Kier molecular flexibility index (Phi) is 3.11. The molecule has 0 aliphatic carbocycles. The third-order valence-corrected chi connectivity index (χ3v) is 3.47. The lowest BCUT2D eigenvalue weighted by Crippen LogP contribution is -1.96. The first kappa shape index (κ1) is 11.4. The smallest absolute Gasteiger partial charge is 0.231 e. The largest absolute Gasteiger partial charge is 0.489 e. The second-order valence-corrected chi connectivity index (χ2v) is 4.75. The molecular formula is C14H11BrO3. The van der Waals surface area contributed by atoms with E-state index in [2.05, 4.69) is 15.9 Å². The SMILES string of the molecule is Brc1ccccc1COc1ccc2c(c1)OCO2. The highest BCUT2D eigenvalue weighted by Gasteiger charge is 2.13. The van der Waals surface area contributed by atoms with Gasteiger partial charge in [0.2, 0.25) is 6.79 Å². The molecule has 0 saturated carbocycles. The van der Waals surface area contributed by atoms with Gasteiger partial charge in [0.15, 0.2) is 11.5 Å². The van der Waals surface area contributed by atoms with Crippen molar-refractivity contribution in [1.29, 1.82) is 0 Å². The predicted octanol–water partition coefficient (Wildman–Crippen LogP) is 3.76. The zero-order valence-electron chi connectivity index (χ0n) is 9.56. The minimum absolute atomic E-state index is 0.281. The fraction of sp³-hybridized carbons (Fsp3) is 0.143. The third-order valence-electron chi connectivity index (χ3n) is 2.70. The summed E-state index contributed by atoms with van der Waals surface area (Å²) in [6.45, 7) is 0.796. The topological polar surface area (TPSA) is 27.7 Å². The summed E-state index contributed by atoms with van der Waals surface area (Å²) < 4.78 is 17.3. The van der Waals surface area contributed by atoms with Crippen molar-refractivity contribution in [3.05, 3.63) is 52.5 Å². The summed E-state index contributed by atoms with van der Waals surface area (Å²) in [4.78, 5) is 0. The van der Waals surface area contributed by atoms with Crippen molar-refractivity contribution >= 4 is 15.9 Å². The lowest BCUT2D eigenvalue weighted by Gasteiger charge is -2.08. The molecule has 0 aromatic heterocycles. The van der Waals surface area contributed by atoms with Crippen LogP contribution in [-0.2, 0) is 6.61 Å². The number of halogens is 1. The van der Waals surface area contributed by atoms with E-state index in [0.717, 1.165) is 27.3 Å². The van der Waals surface area contributed by atoms with Crippen LogP contribution < -0.4 is 14.2 Å². The molecule has 0 unspecified atom stereocenters. The van der Waals surface area contributed by atoms with Gasteiger partial charge < -0.3 is 14.2 Å². The lowest BCUT2D eigenvalue weighted by molar-refractivity contribution is 0.173. The van der Waals surface area contributed by atoms with Crippen molar-refractivity contribution in [2.45, 2.75) is 6.61 Å². The summed E-state index contributed by atoms with van der Waals surface area (Å²) >= 11 is 3.49. The first-order chi connectivity index (χ1) is 8.83. The molecule has 0 saturated heterocycles. The average molecular weight is 307 g/mol. The van der Waals surface area contributed by atoms with Gasteiger partial charge in [-0.25, -0.2) is 0 Å². The van der Waals surface area contributed by atoms with Gasteiger partial charge in [-0.1, -0.05) is 34.1 Å². The van der Waals surface area contributed by atoms with Gasteiger partial charge in [0.25, 0.3) is 0 Å². The van der Waals surface area contributed by atoms with Gasteiger partial charge in [-0.2, -0.15) is 0 Å². The number of benzene rings is 2. The molecule has 0 N–H and O–H groups in total. The molecule has 4 heteroatoms. The minimum Gasteiger partial charge on any atom is -0.489 e. The molecule has 1 aliphatic heterocycles. The number of hydrogen-bond donors (Lipinski definition) is 0. The highest BCUT2D eigenvalue weighted by molar-refractivity contribution is 9.10. The van der Waals surface area contributed by atoms with Crippen LogP contribution in [0.15, 0.2) is 46.9 Å². The normalized spacial score (nSPS) is 12.5. The summed E-state index contributed by atoms with van der Waals surface area (Å²) in [6, 6.07) is 13.6. The summed E-state index contributed by atoms with van der Waals surface area (Å²) in [6.07, 6.45) is 0. The first-order valence-electron chi connectivity index (χ1n) is 5.59. The maximum absolute atomic E-state index is 5.73. The lowest BCUT2D eigenvalue weighted by atomic mass is 10.2. The summed E-state index contributed by atoms with van der Waals surface area (Å²) in [5.74, 6) is 2.28. The zero-order chi connectivity index (χ0) is 12.4. The van der Waals surface area contributed by atoms with Gasteiger partial charge in [0, 0.05) is 16.1 Å². The zero-order valence-corrected chi connectivity index (χ0v) is 11.1. The number of ether oxygens (including phenoxy) is 3. The summed E-state index contributed by atoms with van der Waals surface area (Å²) in [5.41, 5.74) is 1.11. The maximum Gasteiger partial charge on any atom is 0.231 e. The molecular weight excluding hydrogens is 296 g/mol. The average Bonchev–Trinajstić information content (AvgIpc) is 2.85. The molecule has 0 atom stereocenters. The van der Waals surface area contributed by atoms with Crippen LogP contribution in [0.4, 0.5) is 0 Å². The Morgan fingerprint density at radius 2 is 1.89 bits per heavy atom. The van der Waals surface area contributed by atoms with Gasteiger partial charge in [-0.3, -0.25) is 0 Å². The fourth-order valence-electron chi connectivity index (χ4n) is 1.74. The van der Waals surface area contributed by atoms with E-state index in [-0.39, 0.29) is 6.79 Å². The van der Waals surface area contributed by atoms with Crippen molar-refractivity contribution in [2.24, 2.45) is 0 Å². The monoisotopic (exact) mass is 306 g/mol. The third kappa shape index (κ3) is 2.29. The molecule has 0 radical (unpaired) electrons. The van der Waals surface area contributed by atoms with E-state index in [1.54, 1.807) is 0 Å². The molecule has 2 aromatic carbocycles. The van der Waals surface area contributed by atoms with Crippen LogP contribution in [-0.4, -0.2) is 6.79 Å². The van der Waals surface area contributed by atoms with E-state index in [1.165, 1.54) is 0 Å². The highest BCUT2D eigenvalue weighted by Crippen LogP contribution is 2.35. The first-order valence-corrected chi connectivity index (χ1v) is 6.38. The number of hydrogen-bond acceptors (Lipinski definition) is 3. The minimum atomic E-state index is 0.281. The second-order valence-electron chi connectivity index (χ2n) is 3.90. The van der Waals surface area contributed by atoms with Gasteiger partial charge in [-0.05, 0) is 18.2 Å². The van der Waals surface area contributed by atoms with Crippen LogP contribution in [0, 0.1) is 0 Å². The van der Waals surface area contributed by atoms with E-state index >= 15 is 0 Å². The molecule has 0 bridgehead atoms. The second kappa shape index (κ2) is 4.90. The Balaban J connectivity index is 1.72. The van der Waals surface area contributed by atoms with Gasteiger partial charge in [0.1, 0.15) is 12.4 Å². The Hall–Kier alpha value is -1.68. The van der Waals surface area contributed by atoms with E-state index in [4.69, 9.17) is 14.2 Å². The van der Waals surface area contributed by atoms with E-state index in [1.807, 2.05) is 42.5 Å². The standard InChI is InChI=1S/C14H11BrO3/c15-12-4-2-1-3-10(12)8-16-11-5-6-13-14(7-11)18-9-17-13/h1-7H,8-9H2. The van der Waals surface area contributed by atoms with Crippen molar-refractivity contribution < 1.29 is 14.2 Å². The van der Waals surface area contributed by atoms with Gasteiger partial charge in [-0.15, -0.1) is 0 Å². The molecule has 0 amide bonds. The van der Waals surface area contributed by atoms with Crippen LogP contribution in [0.3, 0.4) is 0 Å². The molecule has 3 nitrogen and oxygen atoms in total. The van der Waals surface area contributed by atoms with Crippen molar-refractivity contribution in [3.8, 4) is 17.2 Å². The van der Waals surface area contributed by atoms with E-state index < -0.39 is 0 Å². The number of fused-ring (bicyclic) bond motifs is 1. The Morgan fingerprint density at radius 1 is 1.06 bits per heavy atom. The molecule has 1 heterocycles. The van der Waals surface area contributed by atoms with Crippen molar-refractivity contribution in [1.82, 2.24) is 0 Å². The van der Waals surface area contributed by atoms with Crippen LogP contribution in [0.5, 0.6) is 17.2 Å². The summed E-state index contributed by atoms with van der Waals surface area (Å²) in [5, 5.41) is 0. The van der Waals surface area contributed by atoms with E-state index in [9.17, 15) is 0 Å². The van der Waals surface area contributed by atoms with Crippen LogP contribution >= 0.6 is 15.9 Å². The molecule has 1 aliphatic rings. The molecule has 3 rings (SSSR count). The van der Waals surface area contributed by atoms with E-state index in [0.29, 0.717) is 6.61 Å². The molecule has 0 spiro atoms. The predicted molar refractivity (Wildman–Crippen MR) is 71.0 cm³/mol. The van der Waals surface area contributed by atoms with Gasteiger partial charge >= 0.3 is 0 Å². The molecule has 0 fully saturated rings. The molecule has 2 aromatic rings. The van der Waals surface area contributed by atoms with Crippen molar-refractivity contribution in [2.75, 3.05) is 6.79 Å². The van der Waals surface area contributed by atoms with Crippen LogP contribution in [0.2, 0.25) is 0 Å². The molecule has 18 heavy (non-hydrogen) atoms. The Morgan fingerprint density at radius 3 is 2.78 bits per heavy atom. The number of rotatable bonds is 3. The van der Waals surface area contributed by atoms with Crippen molar-refractivity contribution in [3.63, 3.8) is 0 Å².